The molecular formula is C11H17NO. The van der Waals surface area contributed by atoms with E-state index in [1.54, 1.807) is 6.08 Å². The molecule has 0 saturated heterocycles. The summed E-state index contributed by atoms with van der Waals surface area (Å²) in [6.07, 6.45) is 8.61. The maximum absolute atomic E-state index is 11.1. The van der Waals surface area contributed by atoms with Crippen LogP contribution >= 0.6 is 0 Å². The molecule has 0 aliphatic rings. The second-order valence-corrected chi connectivity index (χ2v) is 3.08. The van der Waals surface area contributed by atoms with Crippen molar-refractivity contribution in [3.8, 4) is 6.07 Å². The summed E-state index contributed by atoms with van der Waals surface area (Å²) in [5.41, 5.74) is 0. The number of ketones is 1. The van der Waals surface area contributed by atoms with E-state index >= 15 is 0 Å². The van der Waals surface area contributed by atoms with Crippen molar-refractivity contribution in [2.45, 2.75) is 45.4 Å². The third-order valence-electron chi connectivity index (χ3n) is 1.85. The summed E-state index contributed by atoms with van der Waals surface area (Å²) in [6, 6.07) is 1.87. The van der Waals surface area contributed by atoms with Crippen molar-refractivity contribution in [2.24, 2.45) is 0 Å². The Morgan fingerprint density at radius 2 is 2.15 bits per heavy atom. The van der Waals surface area contributed by atoms with E-state index in [-0.39, 0.29) is 5.78 Å². The molecule has 0 unspecified atom stereocenters. The number of nitriles is 1. The van der Waals surface area contributed by atoms with Crippen LogP contribution in [0.1, 0.15) is 45.4 Å². The summed E-state index contributed by atoms with van der Waals surface area (Å²) < 4.78 is 0. The predicted octanol–water partition coefficient (Wildman–Crippen LogP) is 3.00. The molecular weight excluding hydrogens is 162 g/mol. The molecule has 0 spiro atoms. The first kappa shape index (κ1) is 11.9. The Hall–Kier alpha value is -1.10. The van der Waals surface area contributed by atoms with Gasteiger partial charge in [-0.05, 0) is 6.42 Å². The van der Waals surface area contributed by atoms with Crippen molar-refractivity contribution >= 4 is 5.78 Å². The second-order valence-electron chi connectivity index (χ2n) is 3.08. The van der Waals surface area contributed by atoms with Crippen LogP contribution in [-0.2, 0) is 4.79 Å². The van der Waals surface area contributed by atoms with Crippen LogP contribution in [0.3, 0.4) is 0 Å². The number of hydrogen-bond acceptors (Lipinski definition) is 2. The van der Waals surface area contributed by atoms with Crippen molar-refractivity contribution in [3.05, 3.63) is 12.2 Å². The van der Waals surface area contributed by atoms with Crippen molar-refractivity contribution in [2.75, 3.05) is 0 Å². The molecule has 2 heteroatoms. The lowest BCUT2D eigenvalue weighted by Gasteiger charge is -1.96. The molecule has 0 amide bonds. The zero-order chi connectivity index (χ0) is 9.94. The lowest BCUT2D eigenvalue weighted by molar-refractivity contribution is -0.118. The average Bonchev–Trinajstić information content (AvgIpc) is 2.13. The molecule has 0 radical (unpaired) electrons. The number of unbranched alkanes of at least 4 members (excludes halogenated alkanes) is 3. The number of Topliss-reactive ketones (excluding diaryl/α,β-unsaturated/α-hetero) is 1. The Morgan fingerprint density at radius 3 is 2.77 bits per heavy atom. The monoisotopic (exact) mass is 179 g/mol. The molecule has 0 N–H and O–H groups in total. The maximum Gasteiger partial charge on any atom is 0.136 e. The first-order valence-corrected chi connectivity index (χ1v) is 4.87. The topological polar surface area (TPSA) is 40.9 Å². The predicted molar refractivity (Wildman–Crippen MR) is 53.1 cm³/mol. The fraction of sp³-hybridized carbons (Fsp3) is 0.636. The van der Waals surface area contributed by atoms with Crippen LogP contribution in [0.25, 0.3) is 0 Å². The third kappa shape index (κ3) is 8.81. The quantitative estimate of drug-likeness (QED) is 0.445. The first-order chi connectivity index (χ1) is 6.31. The smallest absolute Gasteiger partial charge is 0.136 e. The minimum atomic E-state index is 0.239. The molecule has 0 aromatic rings. The molecule has 0 heterocycles. The van der Waals surface area contributed by atoms with Gasteiger partial charge in [0.2, 0.25) is 0 Å². The SMILES string of the molecule is CCCCCCC(=O)C/C=C/C#N. The van der Waals surface area contributed by atoms with Gasteiger partial charge in [0.15, 0.2) is 0 Å². The number of carbonyl (C=O) groups is 1. The van der Waals surface area contributed by atoms with E-state index in [0.717, 1.165) is 12.8 Å². The zero-order valence-corrected chi connectivity index (χ0v) is 8.25. The van der Waals surface area contributed by atoms with Gasteiger partial charge in [-0.15, -0.1) is 0 Å². The molecule has 0 aliphatic carbocycles. The normalized spacial score (nSPS) is 10.2. The second kappa shape index (κ2) is 8.99. The molecule has 0 aromatic heterocycles. The number of carbonyl (C=O) groups excluding carboxylic acids is 1. The number of rotatable bonds is 7. The number of allylic oxidation sites excluding steroid dienone is 2. The molecule has 0 aliphatic heterocycles. The number of nitrogens with zero attached hydrogens (tertiary/aromatic N) is 1. The van der Waals surface area contributed by atoms with Gasteiger partial charge in [-0.2, -0.15) is 5.26 Å². The van der Waals surface area contributed by atoms with Gasteiger partial charge < -0.3 is 0 Å². The van der Waals surface area contributed by atoms with Gasteiger partial charge in [0, 0.05) is 18.9 Å². The van der Waals surface area contributed by atoms with Gasteiger partial charge in [0.25, 0.3) is 0 Å². The van der Waals surface area contributed by atoms with Gasteiger partial charge in [-0.1, -0.05) is 32.3 Å². The van der Waals surface area contributed by atoms with E-state index in [1.165, 1.54) is 18.9 Å². The van der Waals surface area contributed by atoms with Gasteiger partial charge in [0.1, 0.15) is 5.78 Å². The minimum Gasteiger partial charge on any atom is -0.299 e. The Balaban J connectivity index is 3.31. The Bertz CT molecular complexity index is 201. The largest absolute Gasteiger partial charge is 0.299 e. The van der Waals surface area contributed by atoms with Gasteiger partial charge in [-0.3, -0.25) is 4.79 Å². The average molecular weight is 179 g/mol. The summed E-state index contributed by atoms with van der Waals surface area (Å²) in [6.45, 7) is 2.15. The summed E-state index contributed by atoms with van der Waals surface area (Å²) in [7, 11) is 0. The first-order valence-electron chi connectivity index (χ1n) is 4.87. The van der Waals surface area contributed by atoms with E-state index in [0.29, 0.717) is 12.8 Å². The van der Waals surface area contributed by atoms with Gasteiger partial charge >= 0.3 is 0 Å². The van der Waals surface area contributed by atoms with Crippen LogP contribution in [0.2, 0.25) is 0 Å². The van der Waals surface area contributed by atoms with E-state index in [1.807, 2.05) is 6.07 Å². The van der Waals surface area contributed by atoms with Crippen LogP contribution in [0.4, 0.5) is 0 Å². The lowest BCUT2D eigenvalue weighted by atomic mass is 10.1. The zero-order valence-electron chi connectivity index (χ0n) is 8.25. The van der Waals surface area contributed by atoms with Crippen LogP contribution in [0.5, 0.6) is 0 Å². The molecule has 0 aromatic carbocycles. The highest BCUT2D eigenvalue weighted by Crippen LogP contribution is 2.04. The van der Waals surface area contributed by atoms with E-state index < -0.39 is 0 Å². The Kier molecular flexibility index (Phi) is 8.23. The molecule has 0 fully saturated rings. The van der Waals surface area contributed by atoms with Crippen molar-refractivity contribution in [3.63, 3.8) is 0 Å². The molecule has 72 valence electrons. The Labute approximate surface area is 80.3 Å². The highest BCUT2D eigenvalue weighted by Gasteiger charge is 1.97. The fourth-order valence-electron chi connectivity index (χ4n) is 1.09. The fourth-order valence-corrected chi connectivity index (χ4v) is 1.09. The maximum atomic E-state index is 11.1. The molecule has 0 bridgehead atoms. The molecule has 0 atom stereocenters. The van der Waals surface area contributed by atoms with Crippen LogP contribution in [0.15, 0.2) is 12.2 Å². The van der Waals surface area contributed by atoms with Crippen LogP contribution < -0.4 is 0 Å². The standard InChI is InChI=1S/C11H17NO/c1-2-3-4-5-8-11(13)9-6-7-10-12/h6-7H,2-5,8-9H2,1H3/b7-6+. The third-order valence-corrected chi connectivity index (χ3v) is 1.85. The van der Waals surface area contributed by atoms with E-state index in [4.69, 9.17) is 5.26 Å². The molecule has 0 rings (SSSR count). The highest BCUT2D eigenvalue weighted by atomic mass is 16.1. The highest BCUT2D eigenvalue weighted by molar-refractivity contribution is 5.79. The van der Waals surface area contributed by atoms with E-state index in [9.17, 15) is 4.79 Å². The van der Waals surface area contributed by atoms with Crippen LogP contribution in [-0.4, -0.2) is 5.78 Å². The number of hydrogen-bond donors (Lipinski definition) is 0. The van der Waals surface area contributed by atoms with Gasteiger partial charge in [0.05, 0.1) is 6.07 Å². The van der Waals surface area contributed by atoms with Crippen molar-refractivity contribution < 1.29 is 4.79 Å². The molecule has 13 heavy (non-hydrogen) atoms. The summed E-state index contributed by atoms with van der Waals surface area (Å²) in [5, 5.41) is 8.18. The summed E-state index contributed by atoms with van der Waals surface area (Å²) in [5.74, 6) is 0.239. The molecule has 2 nitrogen and oxygen atoms in total. The molecule has 0 saturated carbocycles. The van der Waals surface area contributed by atoms with Crippen molar-refractivity contribution in [1.82, 2.24) is 0 Å². The Morgan fingerprint density at radius 1 is 1.38 bits per heavy atom. The minimum absolute atomic E-state index is 0.239. The lowest BCUT2D eigenvalue weighted by Crippen LogP contribution is -1.94. The van der Waals surface area contributed by atoms with Crippen LogP contribution in [0, 0.1) is 11.3 Å². The summed E-state index contributed by atoms with van der Waals surface area (Å²) >= 11 is 0. The summed E-state index contributed by atoms with van der Waals surface area (Å²) in [4.78, 5) is 11.1. The van der Waals surface area contributed by atoms with Gasteiger partial charge in [-0.25, -0.2) is 0 Å². The van der Waals surface area contributed by atoms with E-state index in [2.05, 4.69) is 6.92 Å². The van der Waals surface area contributed by atoms with Crippen molar-refractivity contribution in [1.29, 1.82) is 5.26 Å².